The summed E-state index contributed by atoms with van der Waals surface area (Å²) in [4.78, 5) is 31.1. The predicted octanol–water partition coefficient (Wildman–Crippen LogP) is 1.44. The minimum Gasteiger partial charge on any atom is -0.459 e. The van der Waals surface area contributed by atoms with Gasteiger partial charge in [0, 0.05) is 25.8 Å². The molecule has 4 rings (SSSR count). The van der Waals surface area contributed by atoms with Crippen LogP contribution in [0.3, 0.4) is 0 Å². The average Bonchev–Trinajstić information content (AvgIpc) is 3.48. The summed E-state index contributed by atoms with van der Waals surface area (Å²) in [5.41, 5.74) is 0.886. The van der Waals surface area contributed by atoms with E-state index in [-0.39, 0.29) is 36.1 Å². The van der Waals surface area contributed by atoms with Gasteiger partial charge < -0.3 is 19.4 Å². The summed E-state index contributed by atoms with van der Waals surface area (Å²) >= 11 is 0. The van der Waals surface area contributed by atoms with Crippen molar-refractivity contribution in [3.63, 3.8) is 0 Å². The third-order valence-corrected chi connectivity index (χ3v) is 4.85. The summed E-state index contributed by atoms with van der Waals surface area (Å²) in [6.45, 7) is 0.656. The number of aromatic amines is 1. The number of nitrogens with zero attached hydrogens (tertiary/aromatic N) is 3. The first-order valence-corrected chi connectivity index (χ1v) is 9.24. The molecule has 2 amide bonds. The Morgan fingerprint density at radius 3 is 2.79 bits per heavy atom. The van der Waals surface area contributed by atoms with Crippen molar-refractivity contribution >= 4 is 11.8 Å². The molecule has 29 heavy (non-hydrogen) atoms. The SMILES string of the molecule is COCC(=O)N[C@@H]1CN(C(=O)c2ccco2)C[C@H]1c1nc(-c2ccccc2)n[nH]1. The maximum atomic E-state index is 12.7. The maximum absolute atomic E-state index is 12.7. The van der Waals surface area contributed by atoms with Crippen LogP contribution < -0.4 is 5.32 Å². The van der Waals surface area contributed by atoms with Crippen LogP contribution in [-0.2, 0) is 9.53 Å². The molecular formula is C20H21N5O4. The lowest BCUT2D eigenvalue weighted by atomic mass is 10.0. The van der Waals surface area contributed by atoms with Crippen LogP contribution >= 0.6 is 0 Å². The zero-order valence-electron chi connectivity index (χ0n) is 15.9. The largest absolute Gasteiger partial charge is 0.459 e. The highest BCUT2D eigenvalue weighted by Crippen LogP contribution is 2.28. The summed E-state index contributed by atoms with van der Waals surface area (Å²) < 4.78 is 10.1. The number of benzene rings is 1. The van der Waals surface area contributed by atoms with Crippen LogP contribution in [0.1, 0.15) is 22.3 Å². The number of furan rings is 1. The molecule has 0 spiro atoms. The molecule has 1 aliphatic rings. The van der Waals surface area contributed by atoms with Gasteiger partial charge in [0.25, 0.3) is 5.91 Å². The van der Waals surface area contributed by atoms with E-state index in [1.165, 1.54) is 13.4 Å². The van der Waals surface area contributed by atoms with Crippen LogP contribution in [-0.4, -0.2) is 64.7 Å². The summed E-state index contributed by atoms with van der Waals surface area (Å²) in [5.74, 6) is 0.721. The van der Waals surface area contributed by atoms with Crippen LogP contribution in [0.4, 0.5) is 0 Å². The Morgan fingerprint density at radius 1 is 1.24 bits per heavy atom. The van der Waals surface area contributed by atoms with Gasteiger partial charge in [-0.3, -0.25) is 14.7 Å². The molecule has 2 atom stereocenters. The zero-order valence-corrected chi connectivity index (χ0v) is 15.9. The highest BCUT2D eigenvalue weighted by atomic mass is 16.5. The molecular weight excluding hydrogens is 374 g/mol. The van der Waals surface area contributed by atoms with Crippen molar-refractivity contribution in [1.82, 2.24) is 25.4 Å². The maximum Gasteiger partial charge on any atom is 0.289 e. The lowest BCUT2D eigenvalue weighted by Crippen LogP contribution is -2.42. The topological polar surface area (TPSA) is 113 Å². The van der Waals surface area contributed by atoms with E-state index in [1.54, 1.807) is 17.0 Å². The van der Waals surface area contributed by atoms with Crippen molar-refractivity contribution < 1.29 is 18.7 Å². The average molecular weight is 395 g/mol. The van der Waals surface area contributed by atoms with Gasteiger partial charge in [-0.25, -0.2) is 4.98 Å². The number of amides is 2. The van der Waals surface area contributed by atoms with Crippen LogP contribution in [0.2, 0.25) is 0 Å². The van der Waals surface area contributed by atoms with E-state index in [2.05, 4.69) is 20.5 Å². The first kappa shape index (κ1) is 18.9. The van der Waals surface area contributed by atoms with Crippen LogP contribution in [0.5, 0.6) is 0 Å². The molecule has 9 heteroatoms. The first-order chi connectivity index (χ1) is 14.2. The molecule has 3 heterocycles. The van der Waals surface area contributed by atoms with E-state index < -0.39 is 0 Å². The monoisotopic (exact) mass is 395 g/mol. The second-order valence-electron chi connectivity index (χ2n) is 6.81. The summed E-state index contributed by atoms with van der Waals surface area (Å²) in [6.07, 6.45) is 1.46. The van der Waals surface area contributed by atoms with Crippen molar-refractivity contribution in [3.8, 4) is 11.4 Å². The highest BCUT2D eigenvalue weighted by molar-refractivity contribution is 5.92. The van der Waals surface area contributed by atoms with Gasteiger partial charge in [-0.05, 0) is 12.1 Å². The normalized spacial score (nSPS) is 18.7. The van der Waals surface area contributed by atoms with E-state index in [0.717, 1.165) is 5.56 Å². The van der Waals surface area contributed by atoms with Gasteiger partial charge in [-0.2, -0.15) is 5.10 Å². The van der Waals surface area contributed by atoms with Crippen molar-refractivity contribution in [2.45, 2.75) is 12.0 Å². The van der Waals surface area contributed by atoms with E-state index >= 15 is 0 Å². The second-order valence-corrected chi connectivity index (χ2v) is 6.81. The number of hydrogen-bond acceptors (Lipinski definition) is 6. The fourth-order valence-corrected chi connectivity index (χ4v) is 3.49. The standard InChI is InChI=1S/C20H21N5O4/c1-28-12-17(26)21-15-11-25(20(27)16-8-5-9-29-16)10-14(15)19-22-18(23-24-19)13-6-3-2-4-7-13/h2-9,14-15H,10-12H2,1H3,(H,21,26)(H,22,23,24)/t14-,15-/m1/s1. The molecule has 1 fully saturated rings. The summed E-state index contributed by atoms with van der Waals surface area (Å²) in [7, 11) is 1.46. The number of aromatic nitrogens is 3. The number of nitrogens with one attached hydrogen (secondary N) is 2. The van der Waals surface area contributed by atoms with E-state index in [9.17, 15) is 9.59 Å². The molecule has 0 unspecified atom stereocenters. The minimum atomic E-state index is -0.326. The lowest BCUT2D eigenvalue weighted by Gasteiger charge is -2.17. The highest BCUT2D eigenvalue weighted by Gasteiger charge is 2.39. The number of H-pyrrole nitrogens is 1. The van der Waals surface area contributed by atoms with Gasteiger partial charge in [0.2, 0.25) is 5.91 Å². The van der Waals surface area contributed by atoms with Gasteiger partial charge in [-0.15, -0.1) is 0 Å². The van der Waals surface area contributed by atoms with Crippen molar-refractivity contribution in [1.29, 1.82) is 0 Å². The van der Waals surface area contributed by atoms with Gasteiger partial charge in [-0.1, -0.05) is 30.3 Å². The Bertz CT molecular complexity index is 970. The smallest absolute Gasteiger partial charge is 0.289 e. The fraction of sp³-hybridized carbons (Fsp3) is 0.300. The summed E-state index contributed by atoms with van der Waals surface area (Å²) in [6, 6.07) is 12.6. The third-order valence-electron chi connectivity index (χ3n) is 4.85. The molecule has 3 aromatic rings. The van der Waals surface area contributed by atoms with Crippen molar-refractivity contribution in [3.05, 3.63) is 60.3 Å². The second kappa shape index (κ2) is 8.27. The molecule has 9 nitrogen and oxygen atoms in total. The molecule has 0 saturated carbocycles. The number of carbonyl (C=O) groups excluding carboxylic acids is 2. The van der Waals surface area contributed by atoms with Gasteiger partial charge in [0.05, 0.1) is 18.2 Å². The van der Waals surface area contributed by atoms with Gasteiger partial charge in [0.1, 0.15) is 12.4 Å². The van der Waals surface area contributed by atoms with Crippen molar-refractivity contribution in [2.75, 3.05) is 26.8 Å². The van der Waals surface area contributed by atoms with Gasteiger partial charge in [0.15, 0.2) is 11.6 Å². The van der Waals surface area contributed by atoms with E-state index in [4.69, 9.17) is 9.15 Å². The molecule has 1 aromatic carbocycles. The quantitative estimate of drug-likeness (QED) is 0.653. The summed E-state index contributed by atoms with van der Waals surface area (Å²) in [5, 5.41) is 10.2. The van der Waals surface area contributed by atoms with Gasteiger partial charge >= 0.3 is 0 Å². The number of likely N-dealkylation sites (tertiary alicyclic amines) is 1. The number of rotatable bonds is 6. The number of carbonyl (C=O) groups is 2. The lowest BCUT2D eigenvalue weighted by molar-refractivity contribution is -0.125. The third kappa shape index (κ3) is 4.04. The molecule has 150 valence electrons. The first-order valence-electron chi connectivity index (χ1n) is 9.24. The van der Waals surface area contributed by atoms with E-state index in [0.29, 0.717) is 24.7 Å². The Hall–Kier alpha value is -3.46. The van der Waals surface area contributed by atoms with E-state index in [1.807, 2.05) is 30.3 Å². The predicted molar refractivity (Wildman–Crippen MR) is 103 cm³/mol. The molecule has 1 saturated heterocycles. The molecule has 1 aliphatic heterocycles. The fourth-order valence-electron chi connectivity index (χ4n) is 3.49. The minimum absolute atomic E-state index is 0.0545. The Labute approximate surface area is 167 Å². The molecule has 0 bridgehead atoms. The van der Waals surface area contributed by atoms with Crippen molar-refractivity contribution in [2.24, 2.45) is 0 Å². The Morgan fingerprint density at radius 2 is 2.07 bits per heavy atom. The van der Waals surface area contributed by atoms with Crippen LogP contribution in [0.15, 0.2) is 53.1 Å². The molecule has 2 N–H and O–H groups in total. The number of ether oxygens (including phenoxy) is 1. The number of methoxy groups -OCH3 is 1. The molecule has 2 aromatic heterocycles. The molecule has 0 aliphatic carbocycles. The Kier molecular flexibility index (Phi) is 5.39. The zero-order chi connectivity index (χ0) is 20.2. The molecule has 0 radical (unpaired) electrons. The van der Waals surface area contributed by atoms with Crippen LogP contribution in [0.25, 0.3) is 11.4 Å². The Balaban J connectivity index is 1.57. The van der Waals surface area contributed by atoms with Crippen LogP contribution in [0, 0.1) is 0 Å². The number of hydrogen-bond donors (Lipinski definition) is 2.